The van der Waals surface area contributed by atoms with Crippen LogP contribution in [0.5, 0.6) is 0 Å². The third-order valence-corrected chi connectivity index (χ3v) is 7.02. The van der Waals surface area contributed by atoms with Crippen molar-refractivity contribution in [3.8, 4) is 0 Å². The maximum Gasteiger partial charge on any atom is 0.230 e. The molecule has 0 aliphatic carbocycles. The minimum absolute atomic E-state index is 0.294. The van der Waals surface area contributed by atoms with Crippen molar-refractivity contribution in [1.82, 2.24) is 0 Å². The van der Waals surface area contributed by atoms with Crippen molar-refractivity contribution < 1.29 is 9.36 Å². The highest BCUT2D eigenvalue weighted by atomic mass is 31.2. The number of rotatable bonds is 5. The van der Waals surface area contributed by atoms with Crippen LogP contribution in [0.1, 0.15) is 22.8 Å². The Kier molecular flexibility index (Phi) is 4.78. The van der Waals surface area contributed by atoms with Crippen molar-refractivity contribution in [3.63, 3.8) is 0 Å². The Balaban J connectivity index is 2.23. The molecule has 0 saturated heterocycles. The number of aryl methyl sites for hydroxylation is 1. The van der Waals surface area contributed by atoms with Crippen LogP contribution in [0.2, 0.25) is 0 Å². The lowest BCUT2D eigenvalue weighted by atomic mass is 10.1. The van der Waals surface area contributed by atoms with Gasteiger partial charge in [-0.15, -0.1) is 0 Å². The maximum absolute atomic E-state index is 14.0. The second-order valence-electron chi connectivity index (χ2n) is 5.60. The topological polar surface area (TPSA) is 34.1 Å². The lowest BCUT2D eigenvalue weighted by Gasteiger charge is -2.19. The molecule has 0 amide bonds. The number of hydrogen-bond donors (Lipinski definition) is 0. The van der Waals surface area contributed by atoms with E-state index in [9.17, 15) is 9.36 Å². The van der Waals surface area contributed by atoms with E-state index in [4.69, 9.17) is 0 Å². The van der Waals surface area contributed by atoms with E-state index in [2.05, 4.69) is 0 Å². The summed E-state index contributed by atoms with van der Waals surface area (Å²) in [4.78, 5) is 13.4. The van der Waals surface area contributed by atoms with Crippen molar-refractivity contribution >= 4 is 23.3 Å². The Morgan fingerprint density at radius 2 is 1.21 bits per heavy atom. The molecule has 120 valence electrons. The van der Waals surface area contributed by atoms with Crippen LogP contribution in [0.4, 0.5) is 0 Å². The highest BCUT2D eigenvalue weighted by Gasteiger charge is 2.37. The van der Waals surface area contributed by atoms with E-state index in [0.29, 0.717) is 16.2 Å². The molecule has 0 bridgehead atoms. The minimum Gasteiger partial charge on any atom is -0.305 e. The lowest BCUT2D eigenvalue weighted by molar-refractivity contribution is 0.107. The predicted octanol–water partition coefficient (Wildman–Crippen LogP) is 4.40. The Labute approximate surface area is 142 Å². The molecule has 0 fully saturated rings. The van der Waals surface area contributed by atoms with Crippen LogP contribution in [-0.4, -0.2) is 5.52 Å². The van der Waals surface area contributed by atoms with Gasteiger partial charge in [0.2, 0.25) is 12.7 Å². The van der Waals surface area contributed by atoms with Crippen molar-refractivity contribution in [1.29, 1.82) is 0 Å². The van der Waals surface area contributed by atoms with Crippen LogP contribution < -0.4 is 10.6 Å². The first kappa shape index (κ1) is 16.4. The van der Waals surface area contributed by atoms with Gasteiger partial charge in [0, 0.05) is 16.2 Å². The fourth-order valence-electron chi connectivity index (χ4n) is 2.87. The van der Waals surface area contributed by atoms with Gasteiger partial charge >= 0.3 is 0 Å². The van der Waals surface area contributed by atoms with E-state index in [1.807, 2.05) is 61.5 Å². The summed E-state index contributed by atoms with van der Waals surface area (Å²) in [5.41, 5.74) is 1.18. The molecule has 0 atom stereocenters. The monoisotopic (exact) mass is 334 g/mol. The first-order valence-corrected chi connectivity index (χ1v) is 9.72. The van der Waals surface area contributed by atoms with Gasteiger partial charge in [0.15, 0.2) is 0 Å². The van der Waals surface area contributed by atoms with E-state index in [-0.39, 0.29) is 5.52 Å². The number of benzene rings is 3. The molecule has 0 aliphatic rings. The second kappa shape index (κ2) is 6.98. The third-order valence-electron chi connectivity index (χ3n) is 4.15. The zero-order chi connectivity index (χ0) is 17.0. The van der Waals surface area contributed by atoms with Crippen LogP contribution in [0.3, 0.4) is 0 Å². The minimum atomic E-state index is -3.42. The summed E-state index contributed by atoms with van der Waals surface area (Å²) >= 11 is 0. The van der Waals surface area contributed by atoms with E-state index in [1.54, 1.807) is 30.3 Å². The third kappa shape index (κ3) is 2.86. The highest BCUT2D eigenvalue weighted by Crippen LogP contribution is 2.47. The molecule has 0 heterocycles. The molecule has 0 aliphatic heterocycles. The molecule has 24 heavy (non-hydrogen) atoms. The molecule has 3 rings (SSSR count). The molecule has 3 heteroatoms. The summed E-state index contributed by atoms with van der Waals surface area (Å²) in [7, 11) is -3.42. The van der Waals surface area contributed by atoms with Gasteiger partial charge in [-0.25, -0.2) is 0 Å². The van der Waals surface area contributed by atoms with E-state index in [1.165, 1.54) is 0 Å². The second-order valence-corrected chi connectivity index (χ2v) is 8.25. The van der Waals surface area contributed by atoms with Gasteiger partial charge in [0.1, 0.15) is 0 Å². The zero-order valence-electron chi connectivity index (χ0n) is 13.6. The molecule has 0 unspecified atom stereocenters. The molecule has 2 nitrogen and oxygen atoms in total. The first-order chi connectivity index (χ1) is 11.7. The van der Waals surface area contributed by atoms with Gasteiger partial charge < -0.3 is 4.57 Å². The zero-order valence-corrected chi connectivity index (χ0v) is 14.4. The van der Waals surface area contributed by atoms with Gasteiger partial charge in [0.25, 0.3) is 0 Å². The Hall–Kier alpha value is -2.44. The van der Waals surface area contributed by atoms with E-state index < -0.39 is 7.14 Å². The molecule has 3 aromatic carbocycles. The van der Waals surface area contributed by atoms with Crippen molar-refractivity contribution in [2.45, 2.75) is 13.3 Å². The summed E-state index contributed by atoms with van der Waals surface area (Å²) in [6.45, 7) is 2.00. The highest BCUT2D eigenvalue weighted by molar-refractivity contribution is 7.93. The fraction of sp³-hybridized carbons (Fsp3) is 0.0952. The quantitative estimate of drug-likeness (QED) is 0.648. The van der Waals surface area contributed by atoms with Crippen LogP contribution in [0, 0.1) is 0 Å². The number of carbonyl (C=O) groups is 1. The molecular weight excluding hydrogens is 315 g/mol. The van der Waals surface area contributed by atoms with Gasteiger partial charge in [-0.1, -0.05) is 91.9 Å². The van der Waals surface area contributed by atoms with Gasteiger partial charge in [-0.3, -0.25) is 4.79 Å². The van der Waals surface area contributed by atoms with E-state index >= 15 is 0 Å². The SMILES string of the molecule is CCc1ccccc1C(=O)P(=O)(c1ccccc1)c1ccccc1. The molecule has 0 radical (unpaired) electrons. The average Bonchev–Trinajstić information content (AvgIpc) is 2.68. The van der Waals surface area contributed by atoms with Crippen molar-refractivity contribution in [3.05, 3.63) is 96.1 Å². The molecule has 0 N–H and O–H groups in total. The van der Waals surface area contributed by atoms with E-state index in [0.717, 1.165) is 12.0 Å². The first-order valence-electron chi connectivity index (χ1n) is 8.02. The molecule has 0 saturated carbocycles. The number of carbonyl (C=O) groups excluding carboxylic acids is 1. The van der Waals surface area contributed by atoms with Crippen molar-refractivity contribution in [2.24, 2.45) is 0 Å². The lowest BCUT2D eigenvalue weighted by Crippen LogP contribution is -2.23. The summed E-state index contributed by atoms with van der Waals surface area (Å²) < 4.78 is 14.0. The Morgan fingerprint density at radius 3 is 1.71 bits per heavy atom. The molecule has 0 aromatic heterocycles. The van der Waals surface area contributed by atoms with Crippen LogP contribution >= 0.6 is 7.14 Å². The predicted molar refractivity (Wildman–Crippen MR) is 99.9 cm³/mol. The average molecular weight is 334 g/mol. The number of hydrogen-bond acceptors (Lipinski definition) is 2. The van der Waals surface area contributed by atoms with Gasteiger partial charge in [-0.05, 0) is 12.0 Å². The molecular formula is C21H19O2P. The molecule has 0 spiro atoms. The van der Waals surface area contributed by atoms with Gasteiger partial charge in [0.05, 0.1) is 0 Å². The summed E-state index contributed by atoms with van der Waals surface area (Å²) in [6, 6.07) is 25.6. The van der Waals surface area contributed by atoms with Gasteiger partial charge in [-0.2, -0.15) is 0 Å². The van der Waals surface area contributed by atoms with Crippen molar-refractivity contribution in [2.75, 3.05) is 0 Å². The maximum atomic E-state index is 14.0. The fourth-order valence-corrected chi connectivity index (χ4v) is 5.37. The Bertz CT molecular complexity index is 842. The van der Waals surface area contributed by atoms with Crippen LogP contribution in [0.25, 0.3) is 0 Å². The van der Waals surface area contributed by atoms with Crippen LogP contribution in [-0.2, 0) is 11.0 Å². The standard InChI is InChI=1S/C21H19O2P/c1-2-17-11-9-10-16-20(17)21(22)24(23,18-12-5-3-6-13-18)19-14-7-4-8-15-19/h3-16H,2H2,1H3. The normalized spacial score (nSPS) is 11.2. The largest absolute Gasteiger partial charge is 0.305 e. The summed E-state index contributed by atoms with van der Waals surface area (Å²) in [6.07, 6.45) is 0.728. The summed E-state index contributed by atoms with van der Waals surface area (Å²) in [5.74, 6) is 0. The Morgan fingerprint density at radius 1 is 0.750 bits per heavy atom. The smallest absolute Gasteiger partial charge is 0.230 e. The summed E-state index contributed by atoms with van der Waals surface area (Å²) in [5, 5.41) is 1.15. The molecule has 3 aromatic rings. The van der Waals surface area contributed by atoms with Crippen LogP contribution in [0.15, 0.2) is 84.9 Å².